The van der Waals surface area contributed by atoms with Gasteiger partial charge in [-0.15, -0.1) is 0 Å². The molecule has 106 valence electrons. The maximum absolute atomic E-state index is 6.05. The van der Waals surface area contributed by atoms with E-state index < -0.39 is 0 Å². The van der Waals surface area contributed by atoms with Gasteiger partial charge in [0.25, 0.3) is 0 Å². The van der Waals surface area contributed by atoms with Crippen LogP contribution >= 0.6 is 11.8 Å². The van der Waals surface area contributed by atoms with Crippen LogP contribution in [0.1, 0.15) is 45.2 Å². The number of fused-ring (bicyclic) bond motifs is 1. The molecular weight excluding hydrogens is 254 g/mol. The molecule has 0 fully saturated rings. The van der Waals surface area contributed by atoms with Gasteiger partial charge in [-0.2, -0.15) is 11.8 Å². The Morgan fingerprint density at radius 1 is 1.42 bits per heavy atom. The van der Waals surface area contributed by atoms with Crippen LogP contribution in [0.2, 0.25) is 0 Å². The Morgan fingerprint density at radius 2 is 2.16 bits per heavy atom. The molecule has 0 saturated carbocycles. The molecule has 1 aliphatic rings. The highest BCUT2D eigenvalue weighted by atomic mass is 32.2. The van der Waals surface area contributed by atoms with Gasteiger partial charge < -0.3 is 10.1 Å². The van der Waals surface area contributed by atoms with Crippen molar-refractivity contribution >= 4 is 11.8 Å². The number of hydrogen-bond acceptors (Lipinski definition) is 3. The molecule has 0 aromatic heterocycles. The lowest BCUT2D eigenvalue weighted by Crippen LogP contribution is -2.39. The van der Waals surface area contributed by atoms with Gasteiger partial charge in [0.05, 0.1) is 0 Å². The average molecular weight is 279 g/mol. The third-order valence-corrected chi connectivity index (χ3v) is 4.76. The molecule has 0 saturated heterocycles. The molecule has 0 radical (unpaired) electrons. The molecule has 0 spiro atoms. The Bertz CT molecular complexity index is 419. The third-order valence-electron chi connectivity index (χ3n) is 3.72. The second-order valence-corrected chi connectivity index (χ2v) is 7.22. The molecular formula is C16H25NOS. The summed E-state index contributed by atoms with van der Waals surface area (Å²) in [5.41, 5.74) is 1.22. The fraction of sp³-hybridized carbons (Fsp3) is 0.625. The second kappa shape index (κ2) is 6.19. The van der Waals surface area contributed by atoms with Gasteiger partial charge >= 0.3 is 0 Å². The number of para-hydroxylation sites is 1. The van der Waals surface area contributed by atoms with Crippen LogP contribution in [-0.2, 0) is 0 Å². The van der Waals surface area contributed by atoms with Crippen LogP contribution in [0.25, 0.3) is 0 Å². The molecule has 0 bridgehead atoms. The quantitative estimate of drug-likeness (QED) is 0.879. The number of hydrogen-bond donors (Lipinski definition) is 1. The van der Waals surface area contributed by atoms with Crippen molar-refractivity contribution in [3.63, 3.8) is 0 Å². The van der Waals surface area contributed by atoms with Crippen molar-refractivity contribution in [2.75, 3.05) is 12.8 Å². The lowest BCUT2D eigenvalue weighted by atomic mass is 9.89. The molecule has 2 atom stereocenters. The van der Waals surface area contributed by atoms with Crippen molar-refractivity contribution < 1.29 is 4.74 Å². The SMILES string of the molecule is CSC(C)CCNC1CC(C)(C)Oc2ccccc21. The van der Waals surface area contributed by atoms with Gasteiger partial charge in [0.15, 0.2) is 0 Å². The van der Waals surface area contributed by atoms with Crippen molar-refractivity contribution in [1.29, 1.82) is 0 Å². The molecule has 0 amide bonds. The Morgan fingerprint density at radius 3 is 2.89 bits per heavy atom. The van der Waals surface area contributed by atoms with Crippen molar-refractivity contribution in [3.8, 4) is 5.75 Å². The monoisotopic (exact) mass is 279 g/mol. The van der Waals surface area contributed by atoms with E-state index in [0.717, 1.165) is 24.0 Å². The maximum Gasteiger partial charge on any atom is 0.124 e. The standard InChI is InChI=1S/C16H25NOS/c1-12(19-4)9-10-17-14-11-16(2,3)18-15-8-6-5-7-13(14)15/h5-8,12,14,17H,9-11H2,1-4H3. The molecule has 0 aliphatic carbocycles. The van der Waals surface area contributed by atoms with E-state index in [-0.39, 0.29) is 5.60 Å². The Balaban J connectivity index is 2.03. The zero-order valence-corrected chi connectivity index (χ0v) is 13.2. The van der Waals surface area contributed by atoms with E-state index in [1.165, 1.54) is 12.0 Å². The fourth-order valence-corrected chi connectivity index (χ4v) is 2.92. The fourth-order valence-electron chi connectivity index (χ4n) is 2.56. The highest BCUT2D eigenvalue weighted by Crippen LogP contribution is 2.39. The first-order chi connectivity index (χ1) is 9.02. The van der Waals surface area contributed by atoms with E-state index in [2.05, 4.69) is 50.5 Å². The van der Waals surface area contributed by atoms with E-state index in [4.69, 9.17) is 4.74 Å². The van der Waals surface area contributed by atoms with Crippen LogP contribution < -0.4 is 10.1 Å². The minimum absolute atomic E-state index is 0.0862. The van der Waals surface area contributed by atoms with Crippen LogP contribution in [0.3, 0.4) is 0 Å². The van der Waals surface area contributed by atoms with E-state index in [1.807, 2.05) is 17.8 Å². The summed E-state index contributed by atoms with van der Waals surface area (Å²) in [7, 11) is 0. The normalized spacial score (nSPS) is 22.4. The Hall–Kier alpha value is -0.670. The van der Waals surface area contributed by atoms with E-state index in [1.54, 1.807) is 0 Å². The smallest absolute Gasteiger partial charge is 0.124 e. The average Bonchev–Trinajstić information content (AvgIpc) is 2.37. The van der Waals surface area contributed by atoms with Gasteiger partial charge in [-0.05, 0) is 39.1 Å². The molecule has 2 rings (SSSR count). The first-order valence-electron chi connectivity index (χ1n) is 7.06. The highest BCUT2D eigenvalue weighted by molar-refractivity contribution is 7.99. The van der Waals surface area contributed by atoms with Gasteiger partial charge in [-0.1, -0.05) is 25.1 Å². The molecule has 1 N–H and O–H groups in total. The number of thioether (sulfide) groups is 1. The summed E-state index contributed by atoms with van der Waals surface area (Å²) in [6.07, 6.45) is 4.41. The van der Waals surface area contributed by atoms with Crippen molar-refractivity contribution in [3.05, 3.63) is 29.8 Å². The second-order valence-electron chi connectivity index (χ2n) is 5.95. The van der Waals surface area contributed by atoms with Crippen LogP contribution in [0.4, 0.5) is 0 Å². The summed E-state index contributed by atoms with van der Waals surface area (Å²) in [6, 6.07) is 8.82. The summed E-state index contributed by atoms with van der Waals surface area (Å²) >= 11 is 1.93. The molecule has 2 unspecified atom stereocenters. The van der Waals surface area contributed by atoms with Crippen molar-refractivity contribution in [1.82, 2.24) is 5.32 Å². The van der Waals surface area contributed by atoms with Gasteiger partial charge in [0, 0.05) is 23.3 Å². The molecule has 1 aliphatic heterocycles. The van der Waals surface area contributed by atoms with Gasteiger partial charge in [0.1, 0.15) is 11.4 Å². The van der Waals surface area contributed by atoms with Crippen molar-refractivity contribution in [2.45, 2.75) is 50.5 Å². The summed E-state index contributed by atoms with van der Waals surface area (Å²) < 4.78 is 6.05. The molecule has 1 aromatic rings. The Labute approximate surface area is 121 Å². The minimum atomic E-state index is -0.0862. The largest absolute Gasteiger partial charge is 0.487 e. The minimum Gasteiger partial charge on any atom is -0.487 e. The molecule has 1 aromatic carbocycles. The van der Waals surface area contributed by atoms with E-state index >= 15 is 0 Å². The topological polar surface area (TPSA) is 21.3 Å². The molecule has 19 heavy (non-hydrogen) atoms. The van der Waals surface area contributed by atoms with Crippen LogP contribution in [0.15, 0.2) is 24.3 Å². The predicted octanol–water partition coefficient (Wildman–Crippen LogP) is 4.02. The lowest BCUT2D eigenvalue weighted by Gasteiger charge is -2.38. The van der Waals surface area contributed by atoms with E-state index in [0.29, 0.717) is 6.04 Å². The number of rotatable bonds is 5. The Kier molecular flexibility index (Phi) is 4.80. The van der Waals surface area contributed by atoms with Crippen LogP contribution in [-0.4, -0.2) is 23.7 Å². The number of ether oxygens (including phenoxy) is 1. The number of benzene rings is 1. The van der Waals surface area contributed by atoms with Gasteiger partial charge in [-0.3, -0.25) is 0 Å². The summed E-state index contributed by atoms with van der Waals surface area (Å²) in [4.78, 5) is 0. The highest BCUT2D eigenvalue weighted by Gasteiger charge is 2.33. The zero-order valence-electron chi connectivity index (χ0n) is 12.4. The lowest BCUT2D eigenvalue weighted by molar-refractivity contribution is 0.0661. The molecule has 2 nitrogen and oxygen atoms in total. The molecule has 3 heteroatoms. The first-order valence-corrected chi connectivity index (χ1v) is 8.35. The van der Waals surface area contributed by atoms with Crippen LogP contribution in [0.5, 0.6) is 5.75 Å². The van der Waals surface area contributed by atoms with Crippen LogP contribution in [0, 0.1) is 0 Å². The summed E-state index contributed by atoms with van der Waals surface area (Å²) in [5, 5.41) is 4.42. The molecule has 1 heterocycles. The predicted molar refractivity (Wildman–Crippen MR) is 84.1 cm³/mol. The number of nitrogens with one attached hydrogen (secondary N) is 1. The van der Waals surface area contributed by atoms with Crippen molar-refractivity contribution in [2.24, 2.45) is 0 Å². The maximum atomic E-state index is 6.05. The van der Waals surface area contributed by atoms with E-state index in [9.17, 15) is 0 Å². The summed E-state index contributed by atoms with van der Waals surface area (Å²) in [5.74, 6) is 1.04. The first kappa shape index (κ1) is 14.7. The zero-order chi connectivity index (χ0) is 13.9. The van der Waals surface area contributed by atoms with Gasteiger partial charge in [0.2, 0.25) is 0 Å². The third kappa shape index (κ3) is 3.90. The van der Waals surface area contributed by atoms with Gasteiger partial charge in [-0.25, -0.2) is 0 Å². The summed E-state index contributed by atoms with van der Waals surface area (Å²) in [6.45, 7) is 7.69.